The highest BCUT2D eigenvalue weighted by atomic mass is 16.5. The predicted octanol–water partition coefficient (Wildman–Crippen LogP) is 3.47. The topological polar surface area (TPSA) is 83.6 Å². The molecule has 3 heterocycles. The fourth-order valence-electron chi connectivity index (χ4n) is 5.35. The van der Waals surface area contributed by atoms with Crippen molar-refractivity contribution in [3.63, 3.8) is 0 Å². The summed E-state index contributed by atoms with van der Waals surface area (Å²) in [4.78, 5) is 32.3. The smallest absolute Gasteiger partial charge is 0.252 e. The molecule has 3 fully saturated rings. The second kappa shape index (κ2) is 9.04. The van der Waals surface area contributed by atoms with E-state index in [2.05, 4.69) is 20.5 Å². The Bertz CT molecular complexity index is 1020. The maximum Gasteiger partial charge on any atom is 0.252 e. The fraction of sp³-hybridized carbons (Fsp3) is 0.500. The van der Waals surface area contributed by atoms with E-state index in [-0.39, 0.29) is 17.9 Å². The van der Waals surface area contributed by atoms with Gasteiger partial charge in [-0.3, -0.25) is 9.59 Å². The number of amides is 2. The van der Waals surface area contributed by atoms with Gasteiger partial charge in [0.25, 0.3) is 11.8 Å². The molecule has 1 unspecified atom stereocenters. The number of methoxy groups -OCH3 is 1. The summed E-state index contributed by atoms with van der Waals surface area (Å²) in [5.74, 6) is 2.23. The Morgan fingerprint density at radius 1 is 1.06 bits per heavy atom. The molecule has 2 amide bonds. The summed E-state index contributed by atoms with van der Waals surface area (Å²) in [7, 11) is 1.62. The molecule has 3 atom stereocenters. The average Bonchev–Trinajstić information content (AvgIpc) is 3.61. The lowest BCUT2D eigenvalue weighted by Crippen LogP contribution is -2.50. The van der Waals surface area contributed by atoms with Gasteiger partial charge in [-0.2, -0.15) is 0 Å². The first kappa shape index (κ1) is 21.7. The number of carbonyl (C=O) groups excluding carboxylic acids is 2. The van der Waals surface area contributed by atoms with E-state index in [1.165, 1.54) is 12.8 Å². The standard InChI is InChI=1S/C26H32N4O3/c1-16-22(4-3-5-23(16)33-2)26(32)29-19-12-20-9-10-21(13-19)30(20)24-11-8-18(15-27-24)25(31)28-14-17-6-7-17/h3-5,8,11,15,17,19-21H,6-7,9-10,12-14H2,1-2H3,(H,28,31)(H,29,32)/t19?,20-,21+. The van der Waals surface area contributed by atoms with E-state index in [0.717, 1.165) is 49.4 Å². The van der Waals surface area contributed by atoms with Crippen molar-refractivity contribution < 1.29 is 14.3 Å². The fourth-order valence-corrected chi connectivity index (χ4v) is 5.35. The first-order valence-corrected chi connectivity index (χ1v) is 12.0. The number of anilines is 1. The molecule has 7 nitrogen and oxygen atoms in total. The third-order valence-corrected chi connectivity index (χ3v) is 7.34. The average molecular weight is 449 g/mol. The lowest BCUT2D eigenvalue weighted by Gasteiger charge is -2.40. The molecular weight excluding hydrogens is 416 g/mol. The number of rotatable bonds is 7. The lowest BCUT2D eigenvalue weighted by atomic mass is 9.96. The molecule has 5 rings (SSSR count). The van der Waals surface area contributed by atoms with Gasteiger partial charge in [0.05, 0.1) is 12.7 Å². The molecule has 2 bridgehead atoms. The van der Waals surface area contributed by atoms with Crippen LogP contribution in [-0.4, -0.2) is 48.6 Å². The third kappa shape index (κ3) is 4.54. The molecule has 2 saturated heterocycles. The van der Waals surface area contributed by atoms with E-state index in [1.807, 2.05) is 37.3 Å². The number of hydrogen-bond donors (Lipinski definition) is 2. The molecule has 174 valence electrons. The van der Waals surface area contributed by atoms with Crippen molar-refractivity contribution in [2.24, 2.45) is 5.92 Å². The quantitative estimate of drug-likeness (QED) is 0.678. The van der Waals surface area contributed by atoms with E-state index < -0.39 is 0 Å². The van der Waals surface area contributed by atoms with Gasteiger partial charge in [-0.1, -0.05) is 6.07 Å². The van der Waals surface area contributed by atoms with E-state index in [1.54, 1.807) is 13.3 Å². The zero-order chi connectivity index (χ0) is 22.9. The summed E-state index contributed by atoms with van der Waals surface area (Å²) in [5.41, 5.74) is 2.15. The molecule has 1 saturated carbocycles. The number of nitrogens with zero attached hydrogens (tertiary/aromatic N) is 2. The van der Waals surface area contributed by atoms with E-state index in [9.17, 15) is 9.59 Å². The Hall–Kier alpha value is -3.09. The van der Waals surface area contributed by atoms with E-state index in [0.29, 0.717) is 29.1 Å². The number of aromatic nitrogens is 1. The molecule has 0 radical (unpaired) electrons. The second-order valence-electron chi connectivity index (χ2n) is 9.63. The largest absolute Gasteiger partial charge is 0.496 e. The van der Waals surface area contributed by atoms with E-state index in [4.69, 9.17) is 4.74 Å². The van der Waals surface area contributed by atoms with Gasteiger partial charge in [0.1, 0.15) is 11.6 Å². The van der Waals surface area contributed by atoms with E-state index >= 15 is 0 Å². The van der Waals surface area contributed by atoms with Crippen LogP contribution in [0.3, 0.4) is 0 Å². The summed E-state index contributed by atoms with van der Waals surface area (Å²) in [5, 5.41) is 6.26. The Labute approximate surface area is 194 Å². The minimum atomic E-state index is -0.0434. The van der Waals surface area contributed by atoms with Crippen molar-refractivity contribution in [1.29, 1.82) is 0 Å². The number of hydrogen-bond acceptors (Lipinski definition) is 5. The van der Waals surface area contributed by atoms with Crippen molar-refractivity contribution in [3.05, 3.63) is 53.2 Å². The van der Waals surface area contributed by atoms with Gasteiger partial charge >= 0.3 is 0 Å². The summed E-state index contributed by atoms with van der Waals surface area (Å²) < 4.78 is 5.36. The van der Waals surface area contributed by atoms with Gasteiger partial charge < -0.3 is 20.3 Å². The Morgan fingerprint density at radius 3 is 2.45 bits per heavy atom. The predicted molar refractivity (Wildman–Crippen MR) is 127 cm³/mol. The van der Waals surface area contributed by atoms with Gasteiger partial charge in [0, 0.05) is 42.0 Å². The Balaban J connectivity index is 1.21. The number of piperidine rings is 1. The van der Waals surface area contributed by atoms with Crippen molar-refractivity contribution in [1.82, 2.24) is 15.6 Å². The maximum atomic E-state index is 13.0. The molecule has 2 aromatic rings. The van der Waals surface area contributed by atoms with Crippen LogP contribution in [0.1, 0.15) is 64.8 Å². The number of ether oxygens (including phenoxy) is 1. The van der Waals surface area contributed by atoms with Crippen molar-refractivity contribution in [2.75, 3.05) is 18.6 Å². The van der Waals surface area contributed by atoms with Gasteiger partial charge in [-0.15, -0.1) is 0 Å². The highest BCUT2D eigenvalue weighted by Gasteiger charge is 2.42. The molecule has 3 aliphatic rings. The molecule has 1 aliphatic carbocycles. The monoisotopic (exact) mass is 448 g/mol. The molecule has 1 aromatic carbocycles. The van der Waals surface area contributed by atoms with Crippen LogP contribution in [0.15, 0.2) is 36.5 Å². The summed E-state index contributed by atoms with van der Waals surface area (Å²) in [6.45, 7) is 2.68. The van der Waals surface area contributed by atoms with Crippen LogP contribution in [0.25, 0.3) is 0 Å². The number of carbonyl (C=O) groups is 2. The maximum absolute atomic E-state index is 13.0. The zero-order valence-corrected chi connectivity index (χ0v) is 19.3. The molecule has 0 spiro atoms. The van der Waals surface area contributed by atoms with Crippen molar-refractivity contribution in [3.8, 4) is 5.75 Å². The lowest BCUT2D eigenvalue weighted by molar-refractivity contribution is 0.0923. The third-order valence-electron chi connectivity index (χ3n) is 7.34. The SMILES string of the molecule is COc1cccc(C(=O)NC2C[C@H]3CC[C@@H](C2)N3c2ccc(C(=O)NCC3CC3)cn2)c1C. The van der Waals surface area contributed by atoms with Crippen LogP contribution in [0.4, 0.5) is 5.82 Å². The molecular formula is C26H32N4O3. The second-order valence-corrected chi connectivity index (χ2v) is 9.63. The van der Waals surface area contributed by atoms with Crippen molar-refractivity contribution >= 4 is 17.6 Å². The summed E-state index contributed by atoms with van der Waals surface area (Å²) in [6, 6.07) is 10.3. The van der Waals surface area contributed by atoms with Crippen LogP contribution in [0, 0.1) is 12.8 Å². The first-order chi connectivity index (χ1) is 16.0. The van der Waals surface area contributed by atoms with Gasteiger partial charge in [0.15, 0.2) is 0 Å². The van der Waals surface area contributed by atoms with Crippen LogP contribution in [-0.2, 0) is 0 Å². The van der Waals surface area contributed by atoms with Crippen LogP contribution < -0.4 is 20.3 Å². The summed E-state index contributed by atoms with van der Waals surface area (Å²) >= 11 is 0. The highest BCUT2D eigenvalue weighted by molar-refractivity contribution is 5.96. The number of benzene rings is 1. The minimum absolute atomic E-state index is 0.0380. The number of nitrogens with one attached hydrogen (secondary N) is 2. The van der Waals surface area contributed by atoms with Gasteiger partial charge in [0.2, 0.25) is 0 Å². The number of pyridine rings is 1. The highest BCUT2D eigenvalue weighted by Crippen LogP contribution is 2.38. The molecule has 7 heteroatoms. The minimum Gasteiger partial charge on any atom is -0.496 e. The van der Waals surface area contributed by atoms with Crippen LogP contribution >= 0.6 is 0 Å². The molecule has 2 N–H and O–H groups in total. The zero-order valence-electron chi connectivity index (χ0n) is 19.3. The molecule has 1 aromatic heterocycles. The Morgan fingerprint density at radius 2 is 1.82 bits per heavy atom. The van der Waals surface area contributed by atoms with Crippen molar-refractivity contribution in [2.45, 2.75) is 63.6 Å². The Kier molecular flexibility index (Phi) is 5.96. The van der Waals surface area contributed by atoms with Gasteiger partial charge in [-0.25, -0.2) is 4.98 Å². The number of fused-ring (bicyclic) bond motifs is 2. The van der Waals surface area contributed by atoms with Crippen LogP contribution in [0.2, 0.25) is 0 Å². The summed E-state index contributed by atoms with van der Waals surface area (Å²) in [6.07, 6.45) is 8.12. The normalized spacial score (nSPS) is 23.8. The first-order valence-electron chi connectivity index (χ1n) is 12.0. The van der Waals surface area contributed by atoms with Gasteiger partial charge in [-0.05, 0) is 75.6 Å². The molecule has 33 heavy (non-hydrogen) atoms. The molecule has 2 aliphatic heterocycles. The van der Waals surface area contributed by atoms with Crippen LogP contribution in [0.5, 0.6) is 5.75 Å².